The Morgan fingerprint density at radius 3 is 1.80 bits per heavy atom. The van der Waals surface area contributed by atoms with Gasteiger partial charge in [-0.3, -0.25) is 0 Å². The van der Waals surface area contributed by atoms with Crippen LogP contribution in [-0.2, 0) is 11.3 Å². The lowest BCUT2D eigenvalue weighted by molar-refractivity contribution is -0.0149. The Kier molecular flexibility index (Phi) is 12.2. The van der Waals surface area contributed by atoms with Gasteiger partial charge in [-0.1, -0.05) is 44.2 Å². The van der Waals surface area contributed by atoms with Crippen molar-refractivity contribution >= 4 is 0 Å². The van der Waals surface area contributed by atoms with Crippen LogP contribution >= 0.6 is 0 Å². The van der Waals surface area contributed by atoms with E-state index in [0.717, 1.165) is 18.1 Å². The molecule has 0 saturated carbocycles. The van der Waals surface area contributed by atoms with Crippen LogP contribution in [0.2, 0.25) is 0 Å². The molecule has 0 atom stereocenters. The summed E-state index contributed by atoms with van der Waals surface area (Å²) < 4.78 is 15.9. The number of ether oxygens (including phenoxy) is 3. The summed E-state index contributed by atoms with van der Waals surface area (Å²) in [6.45, 7) is 13.5. The molecule has 0 spiro atoms. The van der Waals surface area contributed by atoms with Gasteiger partial charge in [-0.2, -0.15) is 0 Å². The summed E-state index contributed by atoms with van der Waals surface area (Å²) in [5, 5.41) is 0. The maximum Gasteiger partial charge on any atom is 0.119 e. The van der Waals surface area contributed by atoms with Crippen LogP contribution in [0.5, 0.6) is 11.5 Å². The Morgan fingerprint density at radius 1 is 0.800 bits per heavy atom. The quantitative estimate of drug-likeness (QED) is 0.652. The molecular formula is C22H34O3. The SMILES string of the molecule is CC.CCOc1ccccc1.COc1ccc(COC(C)(C)C)cc1. The molecule has 0 heterocycles. The second-order valence-corrected chi connectivity index (χ2v) is 6.00. The van der Waals surface area contributed by atoms with E-state index in [1.54, 1.807) is 7.11 Å². The van der Waals surface area contributed by atoms with Gasteiger partial charge in [0.1, 0.15) is 11.5 Å². The van der Waals surface area contributed by atoms with Crippen molar-refractivity contribution in [2.45, 2.75) is 53.8 Å². The third-order valence-electron chi connectivity index (χ3n) is 2.89. The van der Waals surface area contributed by atoms with Gasteiger partial charge in [0.15, 0.2) is 0 Å². The first-order valence-corrected chi connectivity index (χ1v) is 8.89. The molecule has 3 heteroatoms. The molecule has 2 aromatic rings. The third-order valence-corrected chi connectivity index (χ3v) is 2.89. The van der Waals surface area contributed by atoms with Gasteiger partial charge >= 0.3 is 0 Å². The molecule has 0 unspecified atom stereocenters. The fraction of sp³-hybridized carbons (Fsp3) is 0.455. The van der Waals surface area contributed by atoms with Crippen molar-refractivity contribution in [1.82, 2.24) is 0 Å². The molecule has 0 aliphatic carbocycles. The smallest absolute Gasteiger partial charge is 0.119 e. The first-order valence-electron chi connectivity index (χ1n) is 8.89. The van der Waals surface area contributed by atoms with Crippen LogP contribution in [0.3, 0.4) is 0 Å². The van der Waals surface area contributed by atoms with Crippen LogP contribution in [0.4, 0.5) is 0 Å². The van der Waals surface area contributed by atoms with Gasteiger partial charge in [-0.05, 0) is 57.5 Å². The summed E-state index contributed by atoms with van der Waals surface area (Å²) >= 11 is 0. The highest BCUT2D eigenvalue weighted by Gasteiger charge is 2.09. The van der Waals surface area contributed by atoms with Crippen molar-refractivity contribution in [3.8, 4) is 11.5 Å². The number of benzene rings is 2. The molecular weight excluding hydrogens is 312 g/mol. The molecule has 140 valence electrons. The molecule has 0 N–H and O–H groups in total. The number of rotatable bonds is 5. The van der Waals surface area contributed by atoms with Gasteiger partial charge in [-0.15, -0.1) is 0 Å². The summed E-state index contributed by atoms with van der Waals surface area (Å²) in [5.74, 6) is 1.82. The van der Waals surface area contributed by atoms with E-state index in [0.29, 0.717) is 6.61 Å². The predicted octanol–water partition coefficient (Wildman–Crippen LogP) is 6.12. The fourth-order valence-corrected chi connectivity index (χ4v) is 1.70. The number of hydrogen-bond donors (Lipinski definition) is 0. The summed E-state index contributed by atoms with van der Waals surface area (Å²) in [7, 11) is 1.67. The van der Waals surface area contributed by atoms with Crippen molar-refractivity contribution < 1.29 is 14.2 Å². The van der Waals surface area contributed by atoms with Crippen molar-refractivity contribution in [2.24, 2.45) is 0 Å². The number of methoxy groups -OCH3 is 1. The van der Waals surface area contributed by atoms with E-state index >= 15 is 0 Å². The van der Waals surface area contributed by atoms with Crippen molar-refractivity contribution in [3.05, 3.63) is 60.2 Å². The van der Waals surface area contributed by atoms with E-state index in [9.17, 15) is 0 Å². The zero-order valence-corrected chi connectivity index (χ0v) is 16.8. The van der Waals surface area contributed by atoms with Gasteiger partial charge in [-0.25, -0.2) is 0 Å². The normalized spacial score (nSPS) is 9.88. The zero-order chi connectivity index (χ0) is 19.1. The molecule has 2 aromatic carbocycles. The summed E-state index contributed by atoms with van der Waals surface area (Å²) in [6, 6.07) is 17.7. The molecule has 0 aromatic heterocycles. The first-order chi connectivity index (χ1) is 11.9. The molecule has 0 radical (unpaired) electrons. The minimum atomic E-state index is -0.0834. The molecule has 2 rings (SSSR count). The second-order valence-electron chi connectivity index (χ2n) is 6.00. The van der Waals surface area contributed by atoms with Crippen LogP contribution in [0.15, 0.2) is 54.6 Å². The Labute approximate surface area is 153 Å². The maximum absolute atomic E-state index is 5.65. The lowest BCUT2D eigenvalue weighted by Crippen LogP contribution is -2.18. The Hall–Kier alpha value is -2.00. The minimum absolute atomic E-state index is 0.0834. The first kappa shape index (κ1) is 23.0. The molecule has 0 aliphatic heterocycles. The summed E-state index contributed by atoms with van der Waals surface area (Å²) in [4.78, 5) is 0. The molecule has 0 bridgehead atoms. The van der Waals surface area contributed by atoms with E-state index in [4.69, 9.17) is 14.2 Å². The van der Waals surface area contributed by atoms with Crippen molar-refractivity contribution in [3.63, 3.8) is 0 Å². The maximum atomic E-state index is 5.65. The molecule has 3 nitrogen and oxygen atoms in total. The van der Waals surface area contributed by atoms with Crippen molar-refractivity contribution in [1.29, 1.82) is 0 Å². The average Bonchev–Trinajstić information content (AvgIpc) is 2.63. The van der Waals surface area contributed by atoms with E-state index in [2.05, 4.69) is 20.8 Å². The van der Waals surface area contributed by atoms with Crippen LogP contribution in [0.25, 0.3) is 0 Å². The fourth-order valence-electron chi connectivity index (χ4n) is 1.70. The lowest BCUT2D eigenvalue weighted by atomic mass is 10.2. The Morgan fingerprint density at radius 2 is 1.36 bits per heavy atom. The zero-order valence-electron chi connectivity index (χ0n) is 16.8. The van der Waals surface area contributed by atoms with E-state index < -0.39 is 0 Å². The standard InChI is InChI=1S/C12H18O2.C8H10O.C2H6/c1-12(2,3)14-9-10-5-7-11(13-4)8-6-10;1-2-9-8-6-4-3-5-7-8;1-2/h5-8H,9H2,1-4H3;3-7H,2H2,1H3;1-2H3. The van der Waals surface area contributed by atoms with Crippen LogP contribution in [-0.4, -0.2) is 19.3 Å². The number of hydrogen-bond acceptors (Lipinski definition) is 3. The average molecular weight is 347 g/mol. The number of para-hydroxylation sites is 1. The lowest BCUT2D eigenvalue weighted by Gasteiger charge is -2.19. The van der Waals surface area contributed by atoms with E-state index in [1.807, 2.05) is 75.4 Å². The largest absolute Gasteiger partial charge is 0.497 e. The summed E-state index contributed by atoms with van der Waals surface area (Å²) in [5.41, 5.74) is 1.08. The van der Waals surface area contributed by atoms with E-state index in [-0.39, 0.29) is 5.60 Å². The highest BCUT2D eigenvalue weighted by atomic mass is 16.5. The second kappa shape index (κ2) is 13.3. The molecule has 0 amide bonds. The van der Waals surface area contributed by atoms with E-state index in [1.165, 1.54) is 5.56 Å². The predicted molar refractivity (Wildman–Crippen MR) is 106 cm³/mol. The van der Waals surface area contributed by atoms with Gasteiger partial charge < -0.3 is 14.2 Å². The Bertz CT molecular complexity index is 527. The Balaban J connectivity index is 0.000000451. The molecule has 0 aliphatic rings. The van der Waals surface area contributed by atoms with Gasteiger partial charge in [0.05, 0.1) is 25.9 Å². The third kappa shape index (κ3) is 12.1. The van der Waals surface area contributed by atoms with Crippen molar-refractivity contribution in [2.75, 3.05) is 13.7 Å². The minimum Gasteiger partial charge on any atom is -0.497 e. The van der Waals surface area contributed by atoms with Crippen LogP contribution in [0.1, 0.15) is 47.1 Å². The van der Waals surface area contributed by atoms with Crippen LogP contribution < -0.4 is 9.47 Å². The molecule has 25 heavy (non-hydrogen) atoms. The van der Waals surface area contributed by atoms with Gasteiger partial charge in [0.2, 0.25) is 0 Å². The van der Waals surface area contributed by atoms with Crippen LogP contribution in [0, 0.1) is 0 Å². The summed E-state index contributed by atoms with van der Waals surface area (Å²) in [6.07, 6.45) is 0. The topological polar surface area (TPSA) is 27.7 Å². The highest BCUT2D eigenvalue weighted by molar-refractivity contribution is 5.26. The monoisotopic (exact) mass is 346 g/mol. The van der Waals surface area contributed by atoms with Gasteiger partial charge in [0.25, 0.3) is 0 Å². The molecule has 0 saturated heterocycles. The molecule has 0 fully saturated rings. The highest BCUT2D eigenvalue weighted by Crippen LogP contribution is 2.15. The van der Waals surface area contributed by atoms with Gasteiger partial charge in [0, 0.05) is 0 Å².